The van der Waals surface area contributed by atoms with Gasteiger partial charge >= 0.3 is 0 Å². The van der Waals surface area contributed by atoms with Crippen LogP contribution in [0.1, 0.15) is 28.1 Å². The molecule has 0 radical (unpaired) electrons. The van der Waals surface area contributed by atoms with E-state index in [2.05, 4.69) is 62.1 Å². The van der Waals surface area contributed by atoms with E-state index in [1.54, 1.807) is 45.3 Å². The maximum Gasteiger partial charge on any atom is 0.278 e. The summed E-state index contributed by atoms with van der Waals surface area (Å²) >= 11 is 39.0. The van der Waals surface area contributed by atoms with E-state index in [9.17, 15) is 29.3 Å². The van der Waals surface area contributed by atoms with Crippen molar-refractivity contribution in [3.05, 3.63) is 209 Å². The van der Waals surface area contributed by atoms with E-state index < -0.39 is 21.6 Å². The first-order valence-corrected chi connectivity index (χ1v) is 32.9. The number of carbonyl (C=O) groups excluding carboxylic acids is 1. The van der Waals surface area contributed by atoms with Gasteiger partial charge in [0.05, 0.1) is 124 Å². The lowest BCUT2D eigenvalue weighted by Gasteiger charge is -2.16. The van der Waals surface area contributed by atoms with Crippen LogP contribution in [0.5, 0.6) is 34.5 Å². The Morgan fingerprint density at radius 2 is 0.923 bits per heavy atom. The number of hydrogen-bond acceptors (Lipinski definition) is 24. The number of nitro benzene ring substituents is 1. The number of nitrogens with two attached hydrogens (primary N) is 1. The summed E-state index contributed by atoms with van der Waals surface area (Å²) < 4.78 is 35.8. The van der Waals surface area contributed by atoms with Gasteiger partial charge in [0.1, 0.15) is 74.0 Å². The smallest absolute Gasteiger partial charge is 0.278 e. The number of allylic oxidation sites excluding steroid dienone is 1. The fourth-order valence-electron chi connectivity index (χ4n) is 10.8. The molecular formula is C70H60Cl6N16O12. The van der Waals surface area contributed by atoms with Crippen LogP contribution in [0.15, 0.2) is 124 Å². The summed E-state index contributed by atoms with van der Waals surface area (Å²) in [5.41, 5.74) is 11.7. The van der Waals surface area contributed by atoms with Crippen molar-refractivity contribution in [1.29, 1.82) is 0 Å². The van der Waals surface area contributed by atoms with E-state index in [0.717, 1.165) is 16.7 Å². The van der Waals surface area contributed by atoms with E-state index in [-0.39, 0.29) is 134 Å². The number of ether oxygens (including phenoxy) is 6. The average molecular weight is 1530 g/mol. The average Bonchev–Trinajstić information content (AvgIpc) is 0.765. The zero-order chi connectivity index (χ0) is 75.3. The number of para-hydroxylation sites is 3. The minimum atomic E-state index is -0.511. The van der Waals surface area contributed by atoms with Gasteiger partial charge in [0, 0.05) is 69.5 Å². The Balaban J connectivity index is 0.000000168. The lowest BCUT2D eigenvalue weighted by atomic mass is 10.0. The second kappa shape index (κ2) is 32.0. The molecule has 4 N–H and O–H groups in total. The van der Waals surface area contributed by atoms with Crippen molar-refractivity contribution >= 4 is 144 Å². The van der Waals surface area contributed by atoms with Crippen LogP contribution in [0.3, 0.4) is 0 Å². The van der Waals surface area contributed by atoms with Crippen LogP contribution >= 0.6 is 69.6 Å². The van der Waals surface area contributed by atoms with Gasteiger partial charge in [0.25, 0.3) is 22.4 Å². The second-order valence-electron chi connectivity index (χ2n) is 22.4. The van der Waals surface area contributed by atoms with E-state index in [1.807, 2.05) is 37.3 Å². The monoisotopic (exact) mass is 1530 g/mol. The predicted molar refractivity (Wildman–Crippen MR) is 402 cm³/mol. The number of halogens is 6. The first-order valence-electron chi connectivity index (χ1n) is 30.6. The molecule has 0 spiro atoms. The van der Waals surface area contributed by atoms with Gasteiger partial charge in [-0.3, -0.25) is 43.0 Å². The topological polar surface area (TPSA) is 348 Å². The normalized spacial score (nSPS) is 10.9. The SMILES string of the molecule is C=CC(=O)Cc1cccc(C)c1Nc1ncc2nc(-c3c(Cl)c(OC)cc(OC)c3Cl)c(=O)n(C)c2n1.COc1cc(OC)c(Cl)c(-c2nc3cnc(Cc4c(C)cccc4[N+](=O)[O-])nc3n(C)c2=O)c1Cl.COc1cc(OC)c(Cl)c(-c2nc3cnc(Nc4ccccc4N)nc3n(C)c2=O)c1Cl. The van der Waals surface area contributed by atoms with E-state index in [4.69, 9.17) is 104 Å². The minimum absolute atomic E-state index is 0.00404. The fraction of sp³-hybridized carbons (Fsp3) is 0.186. The van der Waals surface area contributed by atoms with Crippen molar-refractivity contribution in [2.24, 2.45) is 21.1 Å². The molecule has 6 aromatic carbocycles. The first kappa shape index (κ1) is 75.4. The number of aromatic nitrogens is 12. The van der Waals surface area contributed by atoms with Crippen LogP contribution in [-0.2, 0) is 38.8 Å². The van der Waals surface area contributed by atoms with Gasteiger partial charge in [-0.15, -0.1) is 0 Å². The Morgan fingerprint density at radius 3 is 1.33 bits per heavy atom. The first-order chi connectivity index (χ1) is 49.7. The molecule has 0 unspecified atom stereocenters. The Bertz CT molecular complexity index is 5580. The van der Waals surface area contributed by atoms with Gasteiger partial charge in [0.15, 0.2) is 22.7 Å². The fourth-order valence-corrected chi connectivity index (χ4v) is 12.8. The number of nitrogen functional groups attached to an aromatic ring is 1. The van der Waals surface area contributed by atoms with Crippen molar-refractivity contribution in [2.75, 3.05) is 59.0 Å². The van der Waals surface area contributed by atoms with Crippen LogP contribution in [-0.4, -0.2) is 112 Å². The standard InChI is InChI=1S/C26H23Cl2N5O4.C23H19Cl2N5O5.C21H18Cl2N6O3/c1-6-15(34)10-14-9-7-8-13(2)22(14)31-26-29-12-16-24(32-26)33(3)25(35)23(30-16)19-20(27)17(36-4)11-18(37-5)21(19)28;1-11-6-5-7-14(30(32)33)12(11)8-17-26-10-13-22(28-17)29(2)23(31)21(27-13)18-19(24)15(34-3)9-16(35-4)20(18)25;1-29-19-12(9-25-21(28-19)27-11-7-5-4-6-10(11)24)26-18(20(29)30)15-16(22)13(31-2)8-14(32-3)17(15)23/h6-9,11-12H,1,10H2,2-5H3,(H,29,31,32);5-7,9-10H,8H2,1-4H3;4-9H,24H2,1-3H3,(H,25,27,28). The van der Waals surface area contributed by atoms with Gasteiger partial charge in [-0.25, -0.2) is 34.9 Å². The number of carbonyl (C=O) groups is 1. The number of rotatable bonds is 19. The molecule has 0 bridgehead atoms. The molecule has 12 aromatic rings. The number of anilines is 5. The number of ketones is 1. The molecule has 0 aliphatic heterocycles. The lowest BCUT2D eigenvalue weighted by molar-refractivity contribution is -0.385. The number of nitrogens with one attached hydrogen (secondary N) is 2. The highest BCUT2D eigenvalue weighted by molar-refractivity contribution is 6.42. The van der Waals surface area contributed by atoms with Gasteiger partial charge < -0.3 is 44.8 Å². The summed E-state index contributed by atoms with van der Waals surface area (Å²) in [4.78, 5) is 103. The van der Waals surface area contributed by atoms with Gasteiger partial charge in [0.2, 0.25) is 11.9 Å². The molecular weight excluding hydrogens is 1470 g/mol. The molecule has 534 valence electrons. The zero-order valence-electron chi connectivity index (χ0n) is 57.0. The summed E-state index contributed by atoms with van der Waals surface area (Å²) in [6.07, 6.45) is 6.00. The number of nitrogens with zero attached hydrogens (tertiary/aromatic N) is 13. The molecule has 0 atom stereocenters. The van der Waals surface area contributed by atoms with Crippen molar-refractivity contribution in [1.82, 2.24) is 58.6 Å². The maximum atomic E-state index is 13.4. The molecule has 6 heterocycles. The molecule has 0 amide bonds. The zero-order valence-corrected chi connectivity index (χ0v) is 61.5. The molecule has 0 aliphatic rings. The minimum Gasteiger partial charge on any atom is -0.495 e. The third-order valence-corrected chi connectivity index (χ3v) is 18.5. The summed E-state index contributed by atoms with van der Waals surface area (Å²) in [6, 6.07) is 22.2. The third kappa shape index (κ3) is 15.0. The number of aryl methyl sites for hydroxylation is 5. The summed E-state index contributed by atoms with van der Waals surface area (Å²) in [5.74, 6) is 2.36. The molecule has 104 heavy (non-hydrogen) atoms. The summed E-state index contributed by atoms with van der Waals surface area (Å²) in [7, 11) is 13.3. The Hall–Kier alpha value is -11.3. The van der Waals surface area contributed by atoms with E-state index >= 15 is 0 Å². The van der Waals surface area contributed by atoms with E-state index in [0.29, 0.717) is 62.1 Å². The molecule has 0 saturated heterocycles. The van der Waals surface area contributed by atoms with Crippen LogP contribution in [0, 0.1) is 24.0 Å². The highest BCUT2D eigenvalue weighted by Crippen LogP contribution is 2.48. The number of nitro groups is 1. The predicted octanol–water partition coefficient (Wildman–Crippen LogP) is 13.6. The highest BCUT2D eigenvalue weighted by Gasteiger charge is 2.29. The third-order valence-electron chi connectivity index (χ3n) is 16.2. The van der Waals surface area contributed by atoms with Gasteiger partial charge in [-0.1, -0.05) is 119 Å². The van der Waals surface area contributed by atoms with Gasteiger partial charge in [-0.2, -0.15) is 9.97 Å². The number of methoxy groups -OCH3 is 6. The number of hydrogen-bond donors (Lipinski definition) is 3. The lowest BCUT2D eigenvalue weighted by Crippen LogP contribution is -2.22. The Labute approximate surface area is 621 Å². The molecule has 6 aromatic heterocycles. The summed E-state index contributed by atoms with van der Waals surface area (Å²) in [6.45, 7) is 7.23. The molecule has 0 fully saturated rings. The molecule has 0 saturated carbocycles. The Kier molecular flexibility index (Phi) is 23.2. The van der Waals surface area contributed by atoms with Crippen molar-refractivity contribution < 1.29 is 38.1 Å². The number of fused-ring (bicyclic) bond motifs is 3. The molecule has 34 heteroatoms. The largest absolute Gasteiger partial charge is 0.495 e. The molecule has 28 nitrogen and oxygen atoms in total. The highest BCUT2D eigenvalue weighted by atomic mass is 35.5. The second-order valence-corrected chi connectivity index (χ2v) is 24.7. The van der Waals surface area contributed by atoms with Crippen molar-refractivity contribution in [3.63, 3.8) is 0 Å². The van der Waals surface area contributed by atoms with Crippen LogP contribution in [0.4, 0.5) is 34.6 Å². The quantitative estimate of drug-likeness (QED) is 0.0293. The van der Waals surface area contributed by atoms with Crippen molar-refractivity contribution in [2.45, 2.75) is 26.7 Å². The Morgan fingerprint density at radius 1 is 0.538 bits per heavy atom. The molecule has 12 rings (SSSR count). The summed E-state index contributed by atoms with van der Waals surface area (Å²) in [5, 5.41) is 18.4. The van der Waals surface area contributed by atoms with Crippen LogP contribution < -0.4 is 61.5 Å². The van der Waals surface area contributed by atoms with Gasteiger partial charge in [-0.05, 0) is 48.7 Å². The van der Waals surface area contributed by atoms with Crippen molar-refractivity contribution in [3.8, 4) is 68.3 Å². The molecule has 0 aliphatic carbocycles. The number of benzene rings is 6. The maximum absolute atomic E-state index is 13.4. The van der Waals surface area contributed by atoms with E-state index in [1.165, 1.54) is 112 Å². The van der Waals surface area contributed by atoms with Crippen LogP contribution in [0.2, 0.25) is 30.1 Å². The van der Waals surface area contributed by atoms with Crippen LogP contribution in [0.25, 0.3) is 67.3 Å².